The molecule has 8 nitrogen and oxygen atoms in total. The number of nitrogens with zero attached hydrogens (tertiary/aromatic N) is 6. The first-order chi connectivity index (χ1) is 13.6. The Morgan fingerprint density at radius 2 is 1.79 bits per heavy atom. The van der Waals surface area contributed by atoms with Gasteiger partial charge in [0.05, 0.1) is 5.69 Å². The molecule has 0 aliphatic carbocycles. The third-order valence-electron chi connectivity index (χ3n) is 4.21. The van der Waals surface area contributed by atoms with Crippen molar-refractivity contribution in [3.8, 4) is 22.8 Å². The van der Waals surface area contributed by atoms with Crippen LogP contribution in [-0.2, 0) is 0 Å². The van der Waals surface area contributed by atoms with Crippen molar-refractivity contribution >= 4 is 5.95 Å². The maximum atomic E-state index is 5.37. The molecule has 4 heterocycles. The van der Waals surface area contributed by atoms with Gasteiger partial charge in [0.25, 0.3) is 0 Å². The molecule has 0 amide bonds. The summed E-state index contributed by atoms with van der Waals surface area (Å²) >= 11 is 0. The van der Waals surface area contributed by atoms with E-state index in [0.717, 1.165) is 22.6 Å². The second-order valence-corrected chi connectivity index (χ2v) is 6.39. The van der Waals surface area contributed by atoms with Crippen molar-refractivity contribution in [2.24, 2.45) is 0 Å². The van der Waals surface area contributed by atoms with Gasteiger partial charge in [-0.2, -0.15) is 4.98 Å². The average molecular weight is 373 g/mol. The lowest BCUT2D eigenvalue weighted by atomic mass is 10.1. The lowest BCUT2D eigenvalue weighted by Gasteiger charge is -2.11. The second kappa shape index (κ2) is 7.51. The smallest absolute Gasteiger partial charge is 0.249 e. The van der Waals surface area contributed by atoms with Gasteiger partial charge in [0, 0.05) is 29.3 Å². The predicted molar refractivity (Wildman–Crippen MR) is 104 cm³/mol. The van der Waals surface area contributed by atoms with E-state index in [1.165, 1.54) is 0 Å². The van der Waals surface area contributed by atoms with Crippen molar-refractivity contribution in [3.63, 3.8) is 0 Å². The van der Waals surface area contributed by atoms with Crippen LogP contribution in [0.4, 0.5) is 5.95 Å². The van der Waals surface area contributed by atoms with Gasteiger partial charge in [-0.1, -0.05) is 11.2 Å². The van der Waals surface area contributed by atoms with E-state index in [2.05, 4.69) is 35.4 Å². The van der Waals surface area contributed by atoms with Crippen molar-refractivity contribution < 1.29 is 4.52 Å². The van der Waals surface area contributed by atoms with Gasteiger partial charge >= 0.3 is 0 Å². The molecule has 1 atom stereocenters. The van der Waals surface area contributed by atoms with Crippen LogP contribution in [0, 0.1) is 13.8 Å². The van der Waals surface area contributed by atoms with Crippen molar-refractivity contribution in [2.75, 3.05) is 5.32 Å². The standard InChI is InChI=1S/C20H19N7O/c1-12-7-8-15(13(2)23-12)16-9-11-22-20(25-16)24-14(3)19-26-18(27-28-19)17-6-4-5-10-21-17/h4-11,14H,1-3H3,(H,22,24,25). The highest BCUT2D eigenvalue weighted by Gasteiger charge is 2.17. The molecule has 0 saturated carbocycles. The second-order valence-electron chi connectivity index (χ2n) is 6.39. The fraction of sp³-hybridized carbons (Fsp3) is 0.200. The highest BCUT2D eigenvalue weighted by Crippen LogP contribution is 2.23. The summed E-state index contributed by atoms with van der Waals surface area (Å²) < 4.78 is 5.37. The van der Waals surface area contributed by atoms with Gasteiger partial charge in [-0.05, 0) is 51.1 Å². The summed E-state index contributed by atoms with van der Waals surface area (Å²) in [4.78, 5) is 22.0. The molecule has 0 saturated heterocycles. The third kappa shape index (κ3) is 3.71. The number of anilines is 1. The highest BCUT2D eigenvalue weighted by atomic mass is 16.5. The van der Waals surface area contributed by atoms with Gasteiger partial charge in [0.1, 0.15) is 11.7 Å². The number of pyridine rings is 2. The summed E-state index contributed by atoms with van der Waals surface area (Å²) in [7, 11) is 0. The predicted octanol–water partition coefficient (Wildman–Crippen LogP) is 3.77. The molecule has 0 radical (unpaired) electrons. The van der Waals surface area contributed by atoms with Crippen LogP contribution in [0.1, 0.15) is 30.2 Å². The molecule has 0 spiro atoms. The summed E-state index contributed by atoms with van der Waals surface area (Å²) in [6, 6.07) is 11.1. The van der Waals surface area contributed by atoms with Crippen LogP contribution in [0.15, 0.2) is 53.3 Å². The van der Waals surface area contributed by atoms with Crippen LogP contribution in [0.2, 0.25) is 0 Å². The third-order valence-corrected chi connectivity index (χ3v) is 4.21. The molecular formula is C20H19N7O. The lowest BCUT2D eigenvalue weighted by Crippen LogP contribution is -2.10. The van der Waals surface area contributed by atoms with Gasteiger partial charge in [0.15, 0.2) is 0 Å². The minimum atomic E-state index is -0.266. The SMILES string of the molecule is Cc1ccc(-c2ccnc(NC(C)c3nc(-c4ccccn4)no3)n2)c(C)n1. The van der Waals surface area contributed by atoms with Gasteiger partial charge in [-0.15, -0.1) is 0 Å². The fourth-order valence-electron chi connectivity index (χ4n) is 2.80. The maximum absolute atomic E-state index is 5.37. The van der Waals surface area contributed by atoms with Crippen molar-refractivity contribution in [1.82, 2.24) is 30.1 Å². The summed E-state index contributed by atoms with van der Waals surface area (Å²) in [5.41, 5.74) is 4.33. The largest absolute Gasteiger partial charge is 0.343 e. The Bertz CT molecular complexity index is 1090. The number of hydrogen-bond acceptors (Lipinski definition) is 8. The Morgan fingerprint density at radius 1 is 0.893 bits per heavy atom. The zero-order chi connectivity index (χ0) is 19.5. The van der Waals surface area contributed by atoms with Crippen LogP contribution >= 0.6 is 0 Å². The number of rotatable bonds is 5. The van der Waals surface area contributed by atoms with E-state index in [1.807, 2.05) is 57.2 Å². The molecule has 140 valence electrons. The van der Waals surface area contributed by atoms with E-state index in [1.54, 1.807) is 12.4 Å². The van der Waals surface area contributed by atoms with Crippen LogP contribution in [-0.4, -0.2) is 30.1 Å². The number of hydrogen-bond donors (Lipinski definition) is 1. The maximum Gasteiger partial charge on any atom is 0.249 e. The Morgan fingerprint density at radius 3 is 2.57 bits per heavy atom. The average Bonchev–Trinajstić information content (AvgIpc) is 3.19. The molecule has 0 aliphatic rings. The van der Waals surface area contributed by atoms with Gasteiger partial charge < -0.3 is 9.84 Å². The number of aryl methyl sites for hydroxylation is 2. The van der Waals surface area contributed by atoms with E-state index < -0.39 is 0 Å². The molecule has 0 bridgehead atoms. The molecule has 0 aliphatic heterocycles. The highest BCUT2D eigenvalue weighted by molar-refractivity contribution is 5.62. The zero-order valence-corrected chi connectivity index (χ0v) is 15.8. The molecule has 4 aromatic rings. The number of aromatic nitrogens is 6. The van der Waals surface area contributed by atoms with E-state index >= 15 is 0 Å². The molecule has 4 rings (SSSR count). The summed E-state index contributed by atoms with van der Waals surface area (Å²) in [6.45, 7) is 5.84. The Labute approximate surface area is 162 Å². The number of nitrogens with one attached hydrogen (secondary N) is 1. The molecule has 1 N–H and O–H groups in total. The first kappa shape index (κ1) is 17.7. The topological polar surface area (TPSA) is 103 Å². The van der Waals surface area contributed by atoms with Crippen molar-refractivity contribution in [1.29, 1.82) is 0 Å². The van der Waals surface area contributed by atoms with E-state index in [4.69, 9.17) is 4.52 Å². The van der Waals surface area contributed by atoms with E-state index in [-0.39, 0.29) is 6.04 Å². The van der Waals surface area contributed by atoms with Crippen molar-refractivity contribution in [2.45, 2.75) is 26.8 Å². The summed E-state index contributed by atoms with van der Waals surface area (Å²) in [5, 5.41) is 7.20. The minimum absolute atomic E-state index is 0.266. The first-order valence-corrected chi connectivity index (χ1v) is 8.89. The van der Waals surface area contributed by atoms with Crippen LogP contribution in [0.3, 0.4) is 0 Å². The molecular weight excluding hydrogens is 354 g/mol. The van der Waals surface area contributed by atoms with Crippen molar-refractivity contribution in [3.05, 3.63) is 66.1 Å². The first-order valence-electron chi connectivity index (χ1n) is 8.89. The van der Waals surface area contributed by atoms with E-state index in [0.29, 0.717) is 23.4 Å². The Balaban J connectivity index is 1.54. The lowest BCUT2D eigenvalue weighted by molar-refractivity contribution is 0.367. The van der Waals surface area contributed by atoms with Gasteiger partial charge in [-0.25, -0.2) is 9.97 Å². The molecule has 28 heavy (non-hydrogen) atoms. The van der Waals surface area contributed by atoms with Crippen LogP contribution in [0.25, 0.3) is 22.8 Å². The quantitative estimate of drug-likeness (QED) is 0.564. The molecule has 4 aromatic heterocycles. The molecule has 0 fully saturated rings. The normalized spacial score (nSPS) is 12.0. The molecule has 8 heteroatoms. The van der Waals surface area contributed by atoms with Gasteiger partial charge in [-0.3, -0.25) is 9.97 Å². The Hall–Kier alpha value is -3.68. The molecule has 0 aromatic carbocycles. The fourth-order valence-corrected chi connectivity index (χ4v) is 2.80. The molecule has 1 unspecified atom stereocenters. The van der Waals surface area contributed by atoms with Crippen LogP contribution < -0.4 is 5.32 Å². The van der Waals surface area contributed by atoms with Crippen LogP contribution in [0.5, 0.6) is 0 Å². The zero-order valence-electron chi connectivity index (χ0n) is 15.8. The minimum Gasteiger partial charge on any atom is -0.343 e. The Kier molecular flexibility index (Phi) is 4.76. The van der Waals surface area contributed by atoms with E-state index in [9.17, 15) is 0 Å². The summed E-state index contributed by atoms with van der Waals surface area (Å²) in [5.74, 6) is 1.35. The summed E-state index contributed by atoms with van der Waals surface area (Å²) in [6.07, 6.45) is 3.40. The van der Waals surface area contributed by atoms with Gasteiger partial charge in [0.2, 0.25) is 17.7 Å². The monoisotopic (exact) mass is 373 g/mol.